The van der Waals surface area contributed by atoms with Crippen LogP contribution in [0.25, 0.3) is 0 Å². The average Bonchev–Trinajstić information content (AvgIpc) is 2.71. The summed E-state index contributed by atoms with van der Waals surface area (Å²) in [5.74, 6) is -1.26. The molecule has 17 heavy (non-hydrogen) atoms. The molecule has 0 spiro atoms. The second-order valence-corrected chi connectivity index (χ2v) is 5.20. The molecule has 1 aromatic rings. The van der Waals surface area contributed by atoms with Crippen molar-refractivity contribution in [3.8, 4) is 0 Å². The quantitative estimate of drug-likeness (QED) is 0.851. The maximum Gasteiger partial charge on any atom is 0.145 e. The first-order chi connectivity index (χ1) is 8.00. The van der Waals surface area contributed by atoms with Crippen LogP contribution in [0, 0.1) is 11.6 Å². The third-order valence-electron chi connectivity index (χ3n) is 3.08. The monoisotopic (exact) mass is 305 g/mol. The maximum absolute atomic E-state index is 13.8. The minimum absolute atomic E-state index is 0.0986. The molecule has 0 saturated carbocycles. The van der Waals surface area contributed by atoms with Crippen molar-refractivity contribution in [3.63, 3.8) is 0 Å². The van der Waals surface area contributed by atoms with E-state index in [4.69, 9.17) is 10.5 Å². The van der Waals surface area contributed by atoms with Gasteiger partial charge in [0.15, 0.2) is 0 Å². The van der Waals surface area contributed by atoms with Crippen molar-refractivity contribution < 1.29 is 13.5 Å². The predicted octanol–water partition coefficient (Wildman–Crippen LogP) is 3.29. The summed E-state index contributed by atoms with van der Waals surface area (Å²) in [6.45, 7) is 1.93. The molecule has 2 rings (SSSR count). The van der Waals surface area contributed by atoms with Crippen molar-refractivity contribution >= 4 is 15.9 Å². The van der Waals surface area contributed by atoms with E-state index in [1.807, 2.05) is 6.92 Å². The van der Waals surface area contributed by atoms with Gasteiger partial charge in [0.2, 0.25) is 0 Å². The minimum atomic E-state index is -0.766. The Morgan fingerprint density at radius 1 is 1.41 bits per heavy atom. The lowest BCUT2D eigenvalue weighted by Crippen LogP contribution is -2.28. The van der Waals surface area contributed by atoms with Crippen LogP contribution in [0.3, 0.4) is 0 Å². The summed E-state index contributed by atoms with van der Waals surface area (Å²) >= 11 is 3.03. The lowest BCUT2D eigenvalue weighted by atomic mass is 9.99. The third kappa shape index (κ3) is 2.51. The summed E-state index contributed by atoms with van der Waals surface area (Å²) in [4.78, 5) is 0. The van der Waals surface area contributed by atoms with Crippen LogP contribution in [0.4, 0.5) is 8.78 Å². The first-order valence-corrected chi connectivity index (χ1v) is 6.34. The van der Waals surface area contributed by atoms with E-state index in [0.717, 1.165) is 12.8 Å². The van der Waals surface area contributed by atoms with E-state index in [1.165, 1.54) is 12.1 Å². The Morgan fingerprint density at radius 2 is 2.12 bits per heavy atom. The molecule has 1 fully saturated rings. The number of hydrogen-bond acceptors (Lipinski definition) is 2. The summed E-state index contributed by atoms with van der Waals surface area (Å²) in [5, 5.41) is 0. The van der Waals surface area contributed by atoms with Crippen molar-refractivity contribution in [2.24, 2.45) is 5.73 Å². The standard InChI is InChI=1S/C12H14BrF2NO/c1-6-2-5-9(17-6)12(16)10-8(14)4-3-7(13)11(10)15/h3-4,6,9,12H,2,5,16H2,1H3. The highest BCUT2D eigenvalue weighted by Gasteiger charge is 2.32. The van der Waals surface area contributed by atoms with Crippen LogP contribution in [0.15, 0.2) is 16.6 Å². The van der Waals surface area contributed by atoms with Crippen LogP contribution in [-0.2, 0) is 4.74 Å². The first-order valence-electron chi connectivity index (χ1n) is 5.55. The van der Waals surface area contributed by atoms with E-state index in [-0.39, 0.29) is 22.2 Å². The number of benzene rings is 1. The van der Waals surface area contributed by atoms with E-state index in [2.05, 4.69) is 15.9 Å². The molecule has 1 aromatic carbocycles. The van der Waals surface area contributed by atoms with E-state index in [1.54, 1.807) is 0 Å². The molecule has 1 heterocycles. The average molecular weight is 306 g/mol. The summed E-state index contributed by atoms with van der Waals surface area (Å²) in [5.41, 5.74) is 5.81. The predicted molar refractivity (Wildman–Crippen MR) is 64.6 cm³/mol. The molecule has 3 atom stereocenters. The Kier molecular flexibility index (Phi) is 3.80. The Hall–Kier alpha value is -0.520. The SMILES string of the molecule is CC1CCC(C(N)c2c(F)ccc(Br)c2F)O1. The van der Waals surface area contributed by atoms with Gasteiger partial charge in [0.1, 0.15) is 11.6 Å². The van der Waals surface area contributed by atoms with Gasteiger partial charge in [0.25, 0.3) is 0 Å². The van der Waals surface area contributed by atoms with Gasteiger partial charge in [-0.05, 0) is 47.8 Å². The Morgan fingerprint density at radius 3 is 2.71 bits per heavy atom. The van der Waals surface area contributed by atoms with Crippen LogP contribution in [0.5, 0.6) is 0 Å². The van der Waals surface area contributed by atoms with E-state index >= 15 is 0 Å². The minimum Gasteiger partial charge on any atom is -0.373 e. The number of hydrogen-bond donors (Lipinski definition) is 1. The van der Waals surface area contributed by atoms with E-state index in [0.29, 0.717) is 0 Å². The van der Waals surface area contributed by atoms with Crippen molar-refractivity contribution in [2.75, 3.05) is 0 Å². The Labute approximate surface area is 107 Å². The fourth-order valence-corrected chi connectivity index (χ4v) is 2.48. The lowest BCUT2D eigenvalue weighted by Gasteiger charge is -2.21. The van der Waals surface area contributed by atoms with E-state index in [9.17, 15) is 8.78 Å². The summed E-state index contributed by atoms with van der Waals surface area (Å²) < 4.78 is 33.2. The fraction of sp³-hybridized carbons (Fsp3) is 0.500. The van der Waals surface area contributed by atoms with Crippen molar-refractivity contribution in [2.45, 2.75) is 38.0 Å². The number of rotatable bonds is 2. The molecule has 2 N–H and O–H groups in total. The molecule has 0 aliphatic carbocycles. The van der Waals surface area contributed by atoms with Gasteiger partial charge in [-0.2, -0.15) is 0 Å². The second-order valence-electron chi connectivity index (χ2n) is 4.35. The number of ether oxygens (including phenoxy) is 1. The van der Waals surface area contributed by atoms with Crippen LogP contribution in [-0.4, -0.2) is 12.2 Å². The van der Waals surface area contributed by atoms with Gasteiger partial charge in [0.05, 0.1) is 22.7 Å². The molecule has 0 bridgehead atoms. The normalized spacial score (nSPS) is 26.2. The van der Waals surface area contributed by atoms with Crippen LogP contribution >= 0.6 is 15.9 Å². The van der Waals surface area contributed by atoms with Gasteiger partial charge in [-0.3, -0.25) is 0 Å². The summed E-state index contributed by atoms with van der Waals surface area (Å²) in [6, 6.07) is 1.78. The molecular weight excluding hydrogens is 292 g/mol. The van der Waals surface area contributed by atoms with Crippen molar-refractivity contribution in [3.05, 3.63) is 33.8 Å². The Bertz CT molecular complexity index is 427. The van der Waals surface area contributed by atoms with Crippen molar-refractivity contribution in [1.29, 1.82) is 0 Å². The molecule has 0 aromatic heterocycles. The molecule has 94 valence electrons. The van der Waals surface area contributed by atoms with E-state index < -0.39 is 17.7 Å². The summed E-state index contributed by atoms with van der Waals surface area (Å²) in [7, 11) is 0. The molecule has 2 nitrogen and oxygen atoms in total. The molecule has 3 unspecified atom stereocenters. The highest BCUT2D eigenvalue weighted by Crippen LogP contribution is 2.33. The third-order valence-corrected chi connectivity index (χ3v) is 3.69. The van der Waals surface area contributed by atoms with Crippen LogP contribution in [0.2, 0.25) is 0 Å². The van der Waals surface area contributed by atoms with Crippen molar-refractivity contribution in [1.82, 2.24) is 0 Å². The van der Waals surface area contributed by atoms with Crippen LogP contribution < -0.4 is 5.73 Å². The molecule has 0 amide bonds. The smallest absolute Gasteiger partial charge is 0.145 e. The highest BCUT2D eigenvalue weighted by atomic mass is 79.9. The van der Waals surface area contributed by atoms with Gasteiger partial charge in [-0.1, -0.05) is 0 Å². The molecule has 0 radical (unpaired) electrons. The van der Waals surface area contributed by atoms with Gasteiger partial charge >= 0.3 is 0 Å². The molecule has 1 aliphatic heterocycles. The summed E-state index contributed by atoms with van der Waals surface area (Å²) in [6.07, 6.45) is 1.39. The molecule has 1 saturated heterocycles. The molecular formula is C12H14BrF2NO. The molecule has 5 heteroatoms. The first kappa shape index (κ1) is 12.9. The maximum atomic E-state index is 13.8. The largest absolute Gasteiger partial charge is 0.373 e. The zero-order chi connectivity index (χ0) is 12.6. The molecule has 1 aliphatic rings. The van der Waals surface area contributed by atoms with Gasteiger partial charge in [-0.25, -0.2) is 8.78 Å². The topological polar surface area (TPSA) is 35.2 Å². The highest BCUT2D eigenvalue weighted by molar-refractivity contribution is 9.10. The zero-order valence-corrected chi connectivity index (χ0v) is 11.0. The second kappa shape index (κ2) is 5.00. The Balaban J connectivity index is 2.30. The number of nitrogens with two attached hydrogens (primary N) is 1. The van der Waals surface area contributed by atoms with Gasteiger partial charge < -0.3 is 10.5 Å². The zero-order valence-electron chi connectivity index (χ0n) is 9.42. The van der Waals surface area contributed by atoms with Gasteiger partial charge in [0, 0.05) is 5.56 Å². The van der Waals surface area contributed by atoms with Gasteiger partial charge in [-0.15, -0.1) is 0 Å². The van der Waals surface area contributed by atoms with Crippen LogP contribution in [0.1, 0.15) is 31.4 Å². The lowest BCUT2D eigenvalue weighted by molar-refractivity contribution is 0.0386. The fourth-order valence-electron chi connectivity index (χ4n) is 2.13. The number of halogens is 3.